The molecule has 1 rings (SSSR count). The molecule has 0 fully saturated rings. The molecule has 0 radical (unpaired) electrons. The van der Waals surface area contributed by atoms with E-state index in [-0.39, 0.29) is 10.7 Å². The Hall–Kier alpha value is -1.07. The average Bonchev–Trinajstić information content (AvgIpc) is 1.99. The number of nitro benzene ring substituents is 1. The van der Waals surface area contributed by atoms with Crippen LogP contribution in [0.25, 0.3) is 0 Å². The topological polar surface area (TPSA) is 52.4 Å². The number of benzene rings is 1. The second-order valence-electron chi connectivity index (χ2n) is 4.08. The summed E-state index contributed by atoms with van der Waals surface area (Å²) in [7, 11) is -1.69. The molecule has 0 atom stereocenters. The van der Waals surface area contributed by atoms with Crippen molar-refractivity contribution >= 4 is 25.6 Å². The number of nitrogens with zero attached hydrogens (tertiary/aromatic N) is 1. The van der Waals surface area contributed by atoms with Gasteiger partial charge in [-0.1, -0.05) is 11.6 Å². The summed E-state index contributed by atoms with van der Waals surface area (Å²) >= 11 is 5.75. The van der Waals surface area contributed by atoms with Crippen LogP contribution in [0.1, 0.15) is 0 Å². The highest BCUT2D eigenvalue weighted by molar-refractivity contribution is 6.70. The number of hydrogen-bond donors (Lipinski definition) is 0. The predicted octanol–water partition coefficient (Wildman–Crippen LogP) is 3.46. The van der Waals surface area contributed by atoms with Gasteiger partial charge in [0.25, 0.3) is 5.69 Å². The third-order valence-corrected chi connectivity index (χ3v) is 2.69. The van der Waals surface area contributed by atoms with Gasteiger partial charge in [0, 0.05) is 12.1 Å². The van der Waals surface area contributed by atoms with Crippen LogP contribution in [0.2, 0.25) is 24.7 Å². The fraction of sp³-hybridized carbons (Fsp3) is 0.333. The summed E-state index contributed by atoms with van der Waals surface area (Å²) in [5, 5.41) is 10.6. The van der Waals surface area contributed by atoms with Crippen molar-refractivity contribution in [3.05, 3.63) is 33.3 Å². The van der Waals surface area contributed by atoms with Gasteiger partial charge in [0.15, 0.2) is 0 Å². The lowest BCUT2D eigenvalue weighted by molar-refractivity contribution is -0.384. The van der Waals surface area contributed by atoms with Crippen LogP contribution in [0.5, 0.6) is 5.75 Å². The van der Waals surface area contributed by atoms with Gasteiger partial charge in [-0.05, 0) is 25.7 Å². The van der Waals surface area contributed by atoms with E-state index in [9.17, 15) is 10.1 Å². The molecule has 0 heterocycles. The van der Waals surface area contributed by atoms with Crippen molar-refractivity contribution in [1.82, 2.24) is 0 Å². The number of rotatable bonds is 3. The number of halogens is 1. The van der Waals surface area contributed by atoms with Crippen molar-refractivity contribution in [3.63, 3.8) is 0 Å². The monoisotopic (exact) mass is 245 g/mol. The highest BCUT2D eigenvalue weighted by Gasteiger charge is 2.18. The summed E-state index contributed by atoms with van der Waals surface area (Å²) in [6, 6.07) is 4.41. The van der Waals surface area contributed by atoms with E-state index in [1.165, 1.54) is 12.1 Å². The Labute approximate surface area is 94.1 Å². The van der Waals surface area contributed by atoms with Crippen molar-refractivity contribution in [2.45, 2.75) is 19.6 Å². The van der Waals surface area contributed by atoms with Crippen molar-refractivity contribution in [3.8, 4) is 5.75 Å². The predicted molar refractivity (Wildman–Crippen MR) is 62.1 cm³/mol. The Balaban J connectivity index is 2.97. The summed E-state index contributed by atoms with van der Waals surface area (Å²) in [5.41, 5.74) is -0.0976. The lowest BCUT2D eigenvalue weighted by Crippen LogP contribution is -2.29. The molecule has 1 aromatic carbocycles. The summed E-state index contributed by atoms with van der Waals surface area (Å²) < 4.78 is 5.65. The molecular weight excluding hydrogens is 234 g/mol. The maximum absolute atomic E-state index is 10.5. The standard InChI is InChI=1S/C9H12ClNO3Si/c1-15(2,3)14-7-4-5-9(11(12)13)8(10)6-7/h4-6H,1-3H3. The van der Waals surface area contributed by atoms with Crippen molar-refractivity contribution < 1.29 is 9.35 Å². The quantitative estimate of drug-likeness (QED) is 0.466. The normalized spacial score (nSPS) is 11.2. The fourth-order valence-corrected chi connectivity index (χ4v) is 2.13. The first-order valence-corrected chi connectivity index (χ1v) is 8.21. The Kier molecular flexibility index (Phi) is 3.36. The summed E-state index contributed by atoms with van der Waals surface area (Å²) in [5.74, 6) is 0.588. The maximum Gasteiger partial charge on any atom is 0.288 e. The van der Waals surface area contributed by atoms with Crippen molar-refractivity contribution in [1.29, 1.82) is 0 Å². The molecule has 0 amide bonds. The van der Waals surface area contributed by atoms with Gasteiger partial charge in [0.1, 0.15) is 10.8 Å². The van der Waals surface area contributed by atoms with Crippen LogP contribution in [-0.4, -0.2) is 13.2 Å². The van der Waals surface area contributed by atoms with Crippen LogP contribution in [-0.2, 0) is 0 Å². The molecule has 0 aliphatic heterocycles. The third kappa shape index (κ3) is 3.52. The molecule has 0 spiro atoms. The van der Waals surface area contributed by atoms with Crippen LogP contribution in [0.4, 0.5) is 5.69 Å². The molecule has 0 saturated carbocycles. The highest BCUT2D eigenvalue weighted by Crippen LogP contribution is 2.29. The first-order valence-electron chi connectivity index (χ1n) is 4.42. The van der Waals surface area contributed by atoms with E-state index in [1.807, 2.05) is 19.6 Å². The minimum Gasteiger partial charge on any atom is -0.544 e. The molecule has 15 heavy (non-hydrogen) atoms. The zero-order valence-corrected chi connectivity index (χ0v) is 10.5. The minimum absolute atomic E-state index is 0.0976. The summed E-state index contributed by atoms with van der Waals surface area (Å²) in [6.07, 6.45) is 0. The SMILES string of the molecule is C[Si](C)(C)Oc1ccc([N+](=O)[O-])c(Cl)c1. The molecule has 0 aromatic heterocycles. The van der Waals surface area contributed by atoms with E-state index in [1.54, 1.807) is 6.07 Å². The van der Waals surface area contributed by atoms with E-state index < -0.39 is 13.2 Å². The Morgan fingerprint density at radius 2 is 2.00 bits per heavy atom. The first kappa shape index (κ1) is 12.0. The van der Waals surface area contributed by atoms with Gasteiger partial charge in [0.2, 0.25) is 8.32 Å². The van der Waals surface area contributed by atoms with Crippen LogP contribution < -0.4 is 4.43 Å². The van der Waals surface area contributed by atoms with Gasteiger partial charge in [0.05, 0.1) is 4.92 Å². The molecule has 0 saturated heterocycles. The maximum atomic E-state index is 10.5. The zero-order valence-electron chi connectivity index (χ0n) is 8.78. The fourth-order valence-electron chi connectivity index (χ4n) is 1.05. The van der Waals surface area contributed by atoms with E-state index in [2.05, 4.69) is 0 Å². The van der Waals surface area contributed by atoms with Crippen LogP contribution in [0, 0.1) is 10.1 Å². The largest absolute Gasteiger partial charge is 0.544 e. The lowest BCUT2D eigenvalue weighted by Gasteiger charge is -2.18. The van der Waals surface area contributed by atoms with E-state index >= 15 is 0 Å². The van der Waals surface area contributed by atoms with Gasteiger partial charge in [-0.25, -0.2) is 0 Å². The van der Waals surface area contributed by atoms with E-state index in [4.69, 9.17) is 16.0 Å². The van der Waals surface area contributed by atoms with Gasteiger partial charge in [-0.2, -0.15) is 0 Å². The molecule has 0 aliphatic rings. The second kappa shape index (κ2) is 4.20. The minimum atomic E-state index is -1.69. The smallest absolute Gasteiger partial charge is 0.288 e. The Morgan fingerprint density at radius 1 is 1.40 bits per heavy atom. The lowest BCUT2D eigenvalue weighted by atomic mass is 10.3. The first-order chi connectivity index (χ1) is 6.79. The van der Waals surface area contributed by atoms with E-state index in [0.29, 0.717) is 5.75 Å². The summed E-state index contributed by atoms with van der Waals surface area (Å²) in [6.45, 7) is 6.09. The highest BCUT2D eigenvalue weighted by atomic mass is 35.5. The zero-order chi connectivity index (χ0) is 11.6. The Morgan fingerprint density at radius 3 is 2.40 bits per heavy atom. The molecule has 0 bridgehead atoms. The molecule has 4 nitrogen and oxygen atoms in total. The van der Waals surface area contributed by atoms with Crippen LogP contribution >= 0.6 is 11.6 Å². The molecule has 0 unspecified atom stereocenters. The number of hydrogen-bond acceptors (Lipinski definition) is 3. The average molecular weight is 246 g/mol. The van der Waals surface area contributed by atoms with Crippen molar-refractivity contribution in [2.75, 3.05) is 0 Å². The third-order valence-electron chi connectivity index (χ3n) is 1.54. The molecule has 82 valence electrons. The van der Waals surface area contributed by atoms with Gasteiger partial charge in [-0.3, -0.25) is 10.1 Å². The molecule has 6 heteroatoms. The van der Waals surface area contributed by atoms with Crippen molar-refractivity contribution in [2.24, 2.45) is 0 Å². The van der Waals surface area contributed by atoms with Gasteiger partial charge in [-0.15, -0.1) is 0 Å². The van der Waals surface area contributed by atoms with Gasteiger partial charge < -0.3 is 4.43 Å². The van der Waals surface area contributed by atoms with Crippen LogP contribution in [0.15, 0.2) is 18.2 Å². The molecule has 0 aliphatic carbocycles. The van der Waals surface area contributed by atoms with E-state index in [0.717, 1.165) is 0 Å². The Bertz CT molecular complexity index is 389. The molecule has 1 aromatic rings. The number of nitro groups is 1. The summed E-state index contributed by atoms with van der Waals surface area (Å²) in [4.78, 5) is 9.99. The molecular formula is C9H12ClNO3Si. The second-order valence-corrected chi connectivity index (χ2v) is 8.92. The van der Waals surface area contributed by atoms with Gasteiger partial charge >= 0.3 is 0 Å². The molecule has 0 N–H and O–H groups in total. The van der Waals surface area contributed by atoms with Crippen LogP contribution in [0.3, 0.4) is 0 Å².